The Morgan fingerprint density at radius 1 is 0.952 bits per heavy atom. The smallest absolute Gasteiger partial charge is 0.174 e. The first-order valence-corrected chi connectivity index (χ1v) is 7.44. The predicted molar refractivity (Wildman–Crippen MR) is 89.1 cm³/mol. The number of nitrogens with zero attached hydrogens (tertiary/aromatic N) is 2. The minimum atomic E-state index is 0.402. The molecule has 4 aromatic rings. The topological polar surface area (TPSA) is 63.8 Å². The molecule has 0 spiro atoms. The lowest BCUT2D eigenvalue weighted by atomic mass is 10.2. The molecule has 2 aromatic heterocycles. The molecule has 5 heteroatoms. The number of aromatic nitrogens is 2. The van der Waals surface area contributed by atoms with Crippen LogP contribution in [0.4, 0.5) is 17.3 Å². The van der Waals surface area contributed by atoms with Gasteiger partial charge in [0.25, 0.3) is 0 Å². The molecule has 0 aliphatic carbocycles. The van der Waals surface area contributed by atoms with Crippen molar-refractivity contribution in [2.75, 3.05) is 11.1 Å². The lowest BCUT2D eigenvalue weighted by molar-refractivity contribution is 1.29. The second-order valence-electron chi connectivity index (χ2n) is 4.74. The number of rotatable bonds is 2. The molecule has 0 radical (unpaired) electrons. The molecule has 0 bridgehead atoms. The molecule has 0 aliphatic heterocycles. The van der Waals surface area contributed by atoms with Gasteiger partial charge in [-0.05, 0) is 47.2 Å². The maximum absolute atomic E-state index is 5.99. The summed E-state index contributed by atoms with van der Waals surface area (Å²) in [5.41, 5.74) is 8.57. The summed E-state index contributed by atoms with van der Waals surface area (Å²) < 4.78 is 1.26. The summed E-state index contributed by atoms with van der Waals surface area (Å²) in [7, 11) is 0. The molecule has 4 nitrogen and oxygen atoms in total. The largest absolute Gasteiger partial charge is 0.381 e. The quantitative estimate of drug-likeness (QED) is 0.582. The van der Waals surface area contributed by atoms with E-state index in [9.17, 15) is 0 Å². The Balaban J connectivity index is 1.77. The Morgan fingerprint density at radius 3 is 2.62 bits per heavy atom. The van der Waals surface area contributed by atoms with Crippen molar-refractivity contribution in [3.05, 3.63) is 53.9 Å². The summed E-state index contributed by atoms with van der Waals surface area (Å²) in [4.78, 5) is 8.92. The molecule has 2 aromatic carbocycles. The van der Waals surface area contributed by atoms with Crippen molar-refractivity contribution in [3.8, 4) is 0 Å². The third-order valence-corrected chi connectivity index (χ3v) is 4.21. The number of hydrogen-bond donors (Lipinski definition) is 2. The lowest BCUT2D eigenvalue weighted by Crippen LogP contribution is -2.02. The fourth-order valence-corrected chi connectivity index (χ4v) is 3.06. The van der Waals surface area contributed by atoms with Crippen LogP contribution in [-0.4, -0.2) is 9.97 Å². The Kier molecular flexibility index (Phi) is 2.72. The Hall–Kier alpha value is -2.66. The van der Waals surface area contributed by atoms with E-state index in [-0.39, 0.29) is 0 Å². The van der Waals surface area contributed by atoms with Gasteiger partial charge in [0.15, 0.2) is 11.6 Å². The van der Waals surface area contributed by atoms with Crippen LogP contribution in [0.2, 0.25) is 0 Å². The van der Waals surface area contributed by atoms with Crippen LogP contribution < -0.4 is 11.1 Å². The van der Waals surface area contributed by atoms with Gasteiger partial charge < -0.3 is 11.1 Å². The van der Waals surface area contributed by atoms with E-state index in [1.54, 1.807) is 11.3 Å². The molecule has 0 aliphatic rings. The lowest BCUT2D eigenvalue weighted by Gasteiger charge is -2.09. The molecule has 102 valence electrons. The highest BCUT2D eigenvalue weighted by molar-refractivity contribution is 7.17. The van der Waals surface area contributed by atoms with Gasteiger partial charge in [-0.2, -0.15) is 0 Å². The first-order chi connectivity index (χ1) is 10.3. The number of benzene rings is 2. The highest BCUT2D eigenvalue weighted by Gasteiger charge is 2.06. The maximum Gasteiger partial charge on any atom is 0.174 e. The fraction of sp³-hybridized carbons (Fsp3) is 0. The molecule has 3 N–H and O–H groups in total. The monoisotopic (exact) mass is 292 g/mol. The van der Waals surface area contributed by atoms with Crippen molar-refractivity contribution in [3.63, 3.8) is 0 Å². The normalized spacial score (nSPS) is 11.0. The van der Waals surface area contributed by atoms with Crippen LogP contribution >= 0.6 is 11.3 Å². The minimum absolute atomic E-state index is 0.402. The van der Waals surface area contributed by atoms with E-state index in [0.717, 1.165) is 16.7 Å². The molecule has 2 heterocycles. The van der Waals surface area contributed by atoms with Crippen LogP contribution in [0.25, 0.3) is 21.1 Å². The summed E-state index contributed by atoms with van der Waals surface area (Å²) in [6, 6.07) is 16.0. The molecule has 0 atom stereocenters. The minimum Gasteiger partial charge on any atom is -0.381 e. The zero-order valence-electron chi connectivity index (χ0n) is 11.1. The van der Waals surface area contributed by atoms with Gasteiger partial charge in [0, 0.05) is 10.4 Å². The summed E-state index contributed by atoms with van der Waals surface area (Å²) >= 11 is 1.73. The van der Waals surface area contributed by atoms with Crippen molar-refractivity contribution in [2.24, 2.45) is 0 Å². The summed E-state index contributed by atoms with van der Waals surface area (Å²) in [6.07, 6.45) is 0. The van der Waals surface area contributed by atoms with Crippen LogP contribution in [0.5, 0.6) is 0 Å². The number of nitrogens with one attached hydrogen (secondary N) is 1. The Bertz CT molecular complexity index is 945. The van der Waals surface area contributed by atoms with Crippen LogP contribution in [0.3, 0.4) is 0 Å². The van der Waals surface area contributed by atoms with Crippen LogP contribution in [0.1, 0.15) is 0 Å². The van der Waals surface area contributed by atoms with E-state index in [1.807, 2.05) is 30.3 Å². The van der Waals surface area contributed by atoms with E-state index >= 15 is 0 Å². The maximum atomic E-state index is 5.99. The second-order valence-corrected chi connectivity index (χ2v) is 5.69. The van der Waals surface area contributed by atoms with E-state index in [2.05, 4.69) is 38.9 Å². The molecular formula is C16H12N4S. The van der Waals surface area contributed by atoms with Crippen molar-refractivity contribution in [1.82, 2.24) is 9.97 Å². The van der Waals surface area contributed by atoms with E-state index in [4.69, 9.17) is 5.73 Å². The summed E-state index contributed by atoms with van der Waals surface area (Å²) in [5.74, 6) is 0.988. The fourth-order valence-electron chi connectivity index (χ4n) is 2.29. The highest BCUT2D eigenvalue weighted by atomic mass is 32.1. The average molecular weight is 292 g/mol. The Labute approximate surface area is 125 Å². The van der Waals surface area contributed by atoms with Gasteiger partial charge in [0.2, 0.25) is 0 Å². The first kappa shape index (κ1) is 12.1. The second kappa shape index (κ2) is 4.71. The van der Waals surface area contributed by atoms with Gasteiger partial charge in [-0.25, -0.2) is 9.97 Å². The number of para-hydroxylation sites is 2. The van der Waals surface area contributed by atoms with Crippen LogP contribution in [-0.2, 0) is 0 Å². The third-order valence-electron chi connectivity index (χ3n) is 3.31. The van der Waals surface area contributed by atoms with E-state index in [0.29, 0.717) is 11.6 Å². The zero-order valence-corrected chi connectivity index (χ0v) is 11.9. The molecule has 0 fully saturated rings. The molecule has 21 heavy (non-hydrogen) atoms. The SMILES string of the molecule is Nc1nc2ccccc2nc1Nc1ccc2sccc2c1. The Morgan fingerprint density at radius 2 is 1.76 bits per heavy atom. The van der Waals surface area contributed by atoms with Crippen molar-refractivity contribution < 1.29 is 0 Å². The summed E-state index contributed by atoms with van der Waals surface area (Å²) in [5, 5.41) is 6.54. The van der Waals surface area contributed by atoms with E-state index in [1.165, 1.54) is 10.1 Å². The van der Waals surface area contributed by atoms with Gasteiger partial charge in [0.1, 0.15) is 0 Å². The number of fused-ring (bicyclic) bond motifs is 2. The summed E-state index contributed by atoms with van der Waals surface area (Å²) in [6.45, 7) is 0. The third kappa shape index (κ3) is 2.17. The molecule has 0 saturated carbocycles. The molecule has 0 unspecified atom stereocenters. The van der Waals surface area contributed by atoms with Gasteiger partial charge in [-0.15, -0.1) is 11.3 Å². The van der Waals surface area contributed by atoms with Gasteiger partial charge in [-0.3, -0.25) is 0 Å². The van der Waals surface area contributed by atoms with E-state index < -0.39 is 0 Å². The van der Waals surface area contributed by atoms with Gasteiger partial charge >= 0.3 is 0 Å². The van der Waals surface area contributed by atoms with Crippen LogP contribution in [0, 0.1) is 0 Å². The predicted octanol–water partition coefficient (Wildman–Crippen LogP) is 4.17. The van der Waals surface area contributed by atoms with Crippen molar-refractivity contribution >= 4 is 49.8 Å². The number of nitrogens with two attached hydrogens (primary N) is 1. The number of thiophene rings is 1. The average Bonchev–Trinajstić information content (AvgIpc) is 2.95. The highest BCUT2D eigenvalue weighted by Crippen LogP contribution is 2.27. The molecular weight excluding hydrogens is 280 g/mol. The number of anilines is 3. The molecule has 0 amide bonds. The molecule has 0 saturated heterocycles. The van der Waals surface area contributed by atoms with Crippen molar-refractivity contribution in [1.29, 1.82) is 0 Å². The molecule has 4 rings (SSSR count). The number of nitrogen functional groups attached to an aromatic ring is 1. The zero-order chi connectivity index (χ0) is 14.2. The van der Waals surface area contributed by atoms with Gasteiger partial charge in [0.05, 0.1) is 11.0 Å². The first-order valence-electron chi connectivity index (χ1n) is 6.56. The van der Waals surface area contributed by atoms with Crippen molar-refractivity contribution in [2.45, 2.75) is 0 Å². The number of hydrogen-bond acceptors (Lipinski definition) is 5. The standard InChI is InChI=1S/C16H12N4S/c17-15-16(20-13-4-2-1-3-12(13)19-15)18-11-5-6-14-10(9-11)7-8-21-14/h1-9H,(H2,17,19)(H,18,20). The van der Waals surface area contributed by atoms with Crippen LogP contribution in [0.15, 0.2) is 53.9 Å². The van der Waals surface area contributed by atoms with Gasteiger partial charge in [-0.1, -0.05) is 12.1 Å².